The van der Waals surface area contributed by atoms with E-state index in [1.807, 2.05) is 0 Å². The molecule has 23 heavy (non-hydrogen) atoms. The van der Waals surface area contributed by atoms with Gasteiger partial charge in [0.1, 0.15) is 5.75 Å². The summed E-state index contributed by atoms with van der Waals surface area (Å²) in [4.78, 5) is 23.5. The van der Waals surface area contributed by atoms with E-state index in [0.29, 0.717) is 16.8 Å². The van der Waals surface area contributed by atoms with Gasteiger partial charge in [0.25, 0.3) is 5.91 Å². The van der Waals surface area contributed by atoms with Gasteiger partial charge in [-0.25, -0.2) is 9.97 Å². The van der Waals surface area contributed by atoms with Crippen molar-refractivity contribution in [3.63, 3.8) is 0 Å². The molecule has 3 rings (SSSR count). The van der Waals surface area contributed by atoms with E-state index in [9.17, 15) is 9.18 Å². The Balaban J connectivity index is 2.45. The van der Waals surface area contributed by atoms with Crippen molar-refractivity contribution in [3.05, 3.63) is 42.2 Å². The maximum atomic E-state index is 14.2. The van der Waals surface area contributed by atoms with Crippen LogP contribution in [0.2, 0.25) is 0 Å². The van der Waals surface area contributed by atoms with E-state index in [-0.39, 0.29) is 22.5 Å². The number of anilines is 1. The summed E-state index contributed by atoms with van der Waals surface area (Å²) in [7, 11) is 1.43. The van der Waals surface area contributed by atoms with Crippen LogP contribution in [-0.2, 0) is 0 Å². The average molecular weight is 313 g/mol. The normalized spacial score (nSPS) is 10.7. The van der Waals surface area contributed by atoms with Crippen LogP contribution < -0.4 is 16.2 Å². The zero-order chi connectivity index (χ0) is 16.6. The molecule has 3 aromatic rings. The number of pyridine rings is 3. The lowest BCUT2D eigenvalue weighted by Gasteiger charge is -2.13. The molecule has 0 atom stereocenters. The van der Waals surface area contributed by atoms with Crippen LogP contribution in [-0.4, -0.2) is 28.0 Å². The van der Waals surface area contributed by atoms with Crippen LogP contribution in [0.25, 0.3) is 22.2 Å². The number of nitrogen functional groups attached to an aromatic ring is 1. The predicted molar refractivity (Wildman–Crippen MR) is 82.2 cm³/mol. The largest absolute Gasteiger partial charge is 0.495 e. The highest BCUT2D eigenvalue weighted by Gasteiger charge is 2.21. The first-order chi connectivity index (χ1) is 11.0. The van der Waals surface area contributed by atoms with Crippen molar-refractivity contribution in [1.29, 1.82) is 0 Å². The zero-order valence-corrected chi connectivity index (χ0v) is 12.1. The maximum Gasteiger partial charge on any atom is 0.269 e. The van der Waals surface area contributed by atoms with Crippen molar-refractivity contribution < 1.29 is 13.9 Å². The minimum absolute atomic E-state index is 0.0513. The molecule has 7 nitrogen and oxygen atoms in total. The van der Waals surface area contributed by atoms with Gasteiger partial charge in [-0.2, -0.15) is 4.39 Å². The Labute approximate surface area is 130 Å². The second kappa shape index (κ2) is 5.48. The van der Waals surface area contributed by atoms with E-state index in [0.717, 1.165) is 0 Å². The lowest BCUT2D eigenvalue weighted by molar-refractivity contribution is 0.0997. The van der Waals surface area contributed by atoms with Crippen molar-refractivity contribution in [1.82, 2.24) is 15.0 Å². The predicted octanol–water partition coefficient (Wildman–Crippen LogP) is 1.52. The van der Waals surface area contributed by atoms with Crippen LogP contribution >= 0.6 is 0 Å². The van der Waals surface area contributed by atoms with Gasteiger partial charge in [-0.1, -0.05) is 0 Å². The number of carbonyl (C=O) groups excluding carboxylic acids is 1. The SMILES string of the molecule is COc1cnc(F)c(-c2c(N)c(C(N)=O)nc3cccnc23)c1. The summed E-state index contributed by atoms with van der Waals surface area (Å²) in [6, 6.07) is 4.69. The van der Waals surface area contributed by atoms with Crippen molar-refractivity contribution in [2.45, 2.75) is 0 Å². The number of hydrogen-bond donors (Lipinski definition) is 2. The molecule has 8 heteroatoms. The number of hydrogen-bond acceptors (Lipinski definition) is 6. The van der Waals surface area contributed by atoms with Crippen LogP contribution in [0.1, 0.15) is 10.5 Å². The number of nitrogens with two attached hydrogens (primary N) is 2. The maximum absolute atomic E-state index is 14.2. The summed E-state index contributed by atoms with van der Waals surface area (Å²) in [5, 5.41) is 0. The Kier molecular flexibility index (Phi) is 3.49. The average Bonchev–Trinajstić information content (AvgIpc) is 2.55. The summed E-state index contributed by atoms with van der Waals surface area (Å²) < 4.78 is 19.3. The van der Waals surface area contributed by atoms with Crippen LogP contribution in [0.5, 0.6) is 5.75 Å². The molecule has 1 amide bonds. The van der Waals surface area contributed by atoms with E-state index >= 15 is 0 Å². The van der Waals surface area contributed by atoms with Crippen LogP contribution in [0.3, 0.4) is 0 Å². The molecule has 0 spiro atoms. The van der Waals surface area contributed by atoms with E-state index in [1.165, 1.54) is 25.6 Å². The van der Waals surface area contributed by atoms with Gasteiger partial charge in [0, 0.05) is 17.3 Å². The molecule has 0 saturated heterocycles. The van der Waals surface area contributed by atoms with Gasteiger partial charge in [-0.05, 0) is 18.2 Å². The lowest BCUT2D eigenvalue weighted by atomic mass is 10.0. The van der Waals surface area contributed by atoms with Gasteiger partial charge in [0.05, 0.1) is 30.0 Å². The summed E-state index contributed by atoms with van der Waals surface area (Å²) in [5.74, 6) is -1.25. The number of primary amides is 1. The fourth-order valence-corrected chi connectivity index (χ4v) is 2.28. The topological polar surface area (TPSA) is 117 Å². The molecular weight excluding hydrogens is 301 g/mol. The summed E-state index contributed by atoms with van der Waals surface area (Å²) >= 11 is 0. The van der Waals surface area contributed by atoms with E-state index < -0.39 is 11.9 Å². The zero-order valence-electron chi connectivity index (χ0n) is 12.1. The van der Waals surface area contributed by atoms with Crippen LogP contribution in [0, 0.1) is 5.95 Å². The number of rotatable bonds is 3. The second-order valence-corrected chi connectivity index (χ2v) is 4.70. The van der Waals surface area contributed by atoms with Gasteiger partial charge in [-0.15, -0.1) is 0 Å². The number of aromatic nitrogens is 3. The molecule has 116 valence electrons. The van der Waals surface area contributed by atoms with Gasteiger partial charge in [-0.3, -0.25) is 9.78 Å². The number of fused-ring (bicyclic) bond motifs is 1. The quantitative estimate of drug-likeness (QED) is 0.708. The number of ether oxygens (including phenoxy) is 1. The highest BCUT2D eigenvalue weighted by Crippen LogP contribution is 2.36. The van der Waals surface area contributed by atoms with Crippen molar-refractivity contribution >= 4 is 22.6 Å². The van der Waals surface area contributed by atoms with Crippen molar-refractivity contribution in [2.75, 3.05) is 12.8 Å². The standard InChI is InChI=1S/C15H12FN5O2/c1-23-7-5-8(14(16)20-6-7)10-11(17)13(15(18)22)21-9-3-2-4-19-12(9)10/h2-6H,17H2,1H3,(H2,18,22). The first-order valence-corrected chi connectivity index (χ1v) is 6.57. The minimum atomic E-state index is -0.814. The molecule has 3 aromatic heterocycles. The third-order valence-corrected chi connectivity index (χ3v) is 3.33. The fourth-order valence-electron chi connectivity index (χ4n) is 2.28. The van der Waals surface area contributed by atoms with E-state index in [4.69, 9.17) is 16.2 Å². The van der Waals surface area contributed by atoms with Gasteiger partial charge < -0.3 is 16.2 Å². The molecule has 4 N–H and O–H groups in total. The Bertz CT molecular complexity index is 929. The first kappa shape index (κ1) is 14.6. The first-order valence-electron chi connectivity index (χ1n) is 6.57. The molecule has 0 aliphatic heterocycles. The Morgan fingerprint density at radius 2 is 2.13 bits per heavy atom. The molecule has 0 bridgehead atoms. The molecule has 0 aliphatic carbocycles. The summed E-state index contributed by atoms with van der Waals surface area (Å²) in [5.41, 5.74) is 12.1. The highest BCUT2D eigenvalue weighted by atomic mass is 19.1. The second-order valence-electron chi connectivity index (χ2n) is 4.70. The molecule has 0 radical (unpaired) electrons. The number of amides is 1. The number of carbonyl (C=O) groups is 1. The molecule has 0 saturated carbocycles. The molecule has 3 heterocycles. The summed E-state index contributed by atoms with van der Waals surface area (Å²) in [6.45, 7) is 0. The highest BCUT2D eigenvalue weighted by molar-refractivity contribution is 6.07. The molecule has 0 aliphatic rings. The number of nitrogens with zero attached hydrogens (tertiary/aromatic N) is 3. The Morgan fingerprint density at radius 1 is 1.35 bits per heavy atom. The van der Waals surface area contributed by atoms with E-state index in [2.05, 4.69) is 15.0 Å². The molecular formula is C15H12FN5O2. The smallest absolute Gasteiger partial charge is 0.269 e. The third kappa shape index (κ3) is 2.39. The van der Waals surface area contributed by atoms with Crippen molar-refractivity contribution in [2.24, 2.45) is 5.73 Å². The summed E-state index contributed by atoms with van der Waals surface area (Å²) in [6.07, 6.45) is 2.75. The van der Waals surface area contributed by atoms with Crippen molar-refractivity contribution in [3.8, 4) is 16.9 Å². The van der Waals surface area contributed by atoms with E-state index in [1.54, 1.807) is 12.1 Å². The molecule has 0 unspecified atom stereocenters. The molecule has 0 fully saturated rings. The van der Waals surface area contributed by atoms with Gasteiger partial charge in [0.2, 0.25) is 5.95 Å². The third-order valence-electron chi connectivity index (χ3n) is 3.33. The minimum Gasteiger partial charge on any atom is -0.495 e. The Hall–Kier alpha value is -3.29. The van der Waals surface area contributed by atoms with Crippen LogP contribution in [0.15, 0.2) is 30.6 Å². The number of methoxy groups -OCH3 is 1. The van der Waals surface area contributed by atoms with Gasteiger partial charge >= 0.3 is 0 Å². The fraction of sp³-hybridized carbons (Fsp3) is 0.0667. The van der Waals surface area contributed by atoms with Crippen LogP contribution in [0.4, 0.5) is 10.1 Å². The number of halogens is 1. The Morgan fingerprint density at radius 3 is 2.83 bits per heavy atom. The molecule has 0 aromatic carbocycles. The van der Waals surface area contributed by atoms with Gasteiger partial charge in [0.15, 0.2) is 5.69 Å². The lowest BCUT2D eigenvalue weighted by Crippen LogP contribution is -2.17. The monoisotopic (exact) mass is 313 g/mol.